The van der Waals surface area contributed by atoms with E-state index in [1.807, 2.05) is 31.2 Å². The molecule has 0 spiro atoms. The number of nitrogens with zero attached hydrogens (tertiary/aromatic N) is 1. The van der Waals surface area contributed by atoms with Gasteiger partial charge in [-0.25, -0.2) is 5.43 Å². The molecule has 0 aromatic heterocycles. The van der Waals surface area contributed by atoms with Gasteiger partial charge in [-0.05, 0) is 40.5 Å². The molecule has 0 aliphatic heterocycles. The van der Waals surface area contributed by atoms with Gasteiger partial charge in [-0.1, -0.05) is 18.2 Å². The summed E-state index contributed by atoms with van der Waals surface area (Å²) in [5.41, 5.74) is 5.19. The first kappa shape index (κ1) is 18.8. The number of nitrogens with one attached hydrogen (secondary N) is 2. The predicted molar refractivity (Wildman–Crippen MR) is 103 cm³/mol. The smallest absolute Gasteiger partial charge is 0.259 e. The Morgan fingerprint density at radius 1 is 1.20 bits per heavy atom. The van der Waals surface area contributed by atoms with Crippen LogP contribution in [-0.2, 0) is 4.79 Å². The SMILES string of the molecule is COc1cc(OC)c(/C=N\NC(=O)CNc2ccccc2C)cc1Br. The van der Waals surface area contributed by atoms with Crippen LogP contribution in [0.15, 0.2) is 46.0 Å². The minimum absolute atomic E-state index is 0.131. The molecule has 0 aliphatic rings. The lowest BCUT2D eigenvalue weighted by Gasteiger charge is -2.09. The largest absolute Gasteiger partial charge is 0.496 e. The molecule has 6 nitrogen and oxygen atoms in total. The van der Waals surface area contributed by atoms with Gasteiger partial charge in [0, 0.05) is 17.3 Å². The zero-order valence-electron chi connectivity index (χ0n) is 14.3. The van der Waals surface area contributed by atoms with Gasteiger partial charge in [0.05, 0.1) is 31.5 Å². The van der Waals surface area contributed by atoms with Crippen LogP contribution < -0.4 is 20.2 Å². The third kappa shape index (κ3) is 5.22. The van der Waals surface area contributed by atoms with Crippen LogP contribution >= 0.6 is 15.9 Å². The number of hydrogen-bond acceptors (Lipinski definition) is 5. The van der Waals surface area contributed by atoms with Crippen molar-refractivity contribution >= 4 is 33.7 Å². The highest BCUT2D eigenvalue weighted by Gasteiger charge is 2.08. The minimum atomic E-state index is -0.244. The van der Waals surface area contributed by atoms with E-state index in [-0.39, 0.29) is 12.5 Å². The standard InChI is InChI=1S/C18H20BrN3O3/c1-12-6-4-5-7-15(12)20-11-18(23)22-21-10-13-8-14(19)17(25-3)9-16(13)24-2/h4-10,20H,11H2,1-3H3,(H,22,23)/b21-10-. The van der Waals surface area contributed by atoms with Gasteiger partial charge in [-0.3, -0.25) is 4.79 Å². The highest BCUT2D eigenvalue weighted by Crippen LogP contribution is 2.31. The van der Waals surface area contributed by atoms with E-state index in [1.165, 1.54) is 6.21 Å². The van der Waals surface area contributed by atoms with E-state index in [0.29, 0.717) is 17.1 Å². The monoisotopic (exact) mass is 405 g/mol. The average molecular weight is 406 g/mol. The summed E-state index contributed by atoms with van der Waals surface area (Å²) < 4.78 is 11.3. The lowest BCUT2D eigenvalue weighted by atomic mass is 10.2. The first-order chi connectivity index (χ1) is 12.0. The Hall–Kier alpha value is -2.54. The summed E-state index contributed by atoms with van der Waals surface area (Å²) >= 11 is 3.41. The maximum Gasteiger partial charge on any atom is 0.259 e. The Balaban J connectivity index is 1.95. The van der Waals surface area contributed by atoms with Gasteiger partial charge in [0.15, 0.2) is 0 Å². The quantitative estimate of drug-likeness (QED) is 0.547. The molecule has 0 fully saturated rings. The van der Waals surface area contributed by atoms with Crippen molar-refractivity contribution in [3.63, 3.8) is 0 Å². The van der Waals surface area contributed by atoms with Gasteiger partial charge in [0.2, 0.25) is 0 Å². The van der Waals surface area contributed by atoms with Crippen LogP contribution in [0.1, 0.15) is 11.1 Å². The van der Waals surface area contributed by atoms with Gasteiger partial charge in [0.25, 0.3) is 5.91 Å². The van der Waals surface area contributed by atoms with Crippen molar-refractivity contribution in [3.05, 3.63) is 52.0 Å². The molecule has 0 saturated heterocycles. The number of carbonyl (C=O) groups excluding carboxylic acids is 1. The zero-order chi connectivity index (χ0) is 18.2. The number of amides is 1. The molecule has 0 atom stereocenters. The van der Waals surface area contributed by atoms with Crippen LogP contribution in [0.2, 0.25) is 0 Å². The maximum atomic E-state index is 11.9. The van der Waals surface area contributed by atoms with Crippen LogP contribution in [0, 0.1) is 6.92 Å². The first-order valence-corrected chi connectivity index (χ1v) is 8.37. The third-order valence-electron chi connectivity index (χ3n) is 3.48. The summed E-state index contributed by atoms with van der Waals surface area (Å²) in [5.74, 6) is 1.00. The van der Waals surface area contributed by atoms with Crippen LogP contribution in [0.25, 0.3) is 0 Å². The normalized spacial score (nSPS) is 10.6. The van der Waals surface area contributed by atoms with E-state index in [4.69, 9.17) is 9.47 Å². The summed E-state index contributed by atoms with van der Waals surface area (Å²) in [6.07, 6.45) is 1.52. The van der Waals surface area contributed by atoms with Crippen molar-refractivity contribution in [3.8, 4) is 11.5 Å². The molecule has 0 bridgehead atoms. The van der Waals surface area contributed by atoms with E-state index in [0.717, 1.165) is 15.7 Å². The molecule has 2 N–H and O–H groups in total. The number of ether oxygens (including phenoxy) is 2. The maximum absolute atomic E-state index is 11.9. The molecule has 25 heavy (non-hydrogen) atoms. The Labute approximate surface area is 155 Å². The fourth-order valence-electron chi connectivity index (χ4n) is 2.14. The number of anilines is 1. The number of para-hydroxylation sites is 1. The van der Waals surface area contributed by atoms with E-state index in [9.17, 15) is 4.79 Å². The topological polar surface area (TPSA) is 72.0 Å². The van der Waals surface area contributed by atoms with Crippen molar-refractivity contribution in [1.29, 1.82) is 0 Å². The van der Waals surface area contributed by atoms with Crippen LogP contribution in [0.3, 0.4) is 0 Å². The Bertz CT molecular complexity index is 778. The van der Waals surface area contributed by atoms with Crippen molar-refractivity contribution in [2.45, 2.75) is 6.92 Å². The van der Waals surface area contributed by atoms with Crippen molar-refractivity contribution in [2.75, 3.05) is 26.1 Å². The Morgan fingerprint density at radius 3 is 2.60 bits per heavy atom. The van der Waals surface area contributed by atoms with Crippen molar-refractivity contribution in [2.24, 2.45) is 5.10 Å². The lowest BCUT2D eigenvalue weighted by molar-refractivity contribution is -0.119. The molecular formula is C18H20BrN3O3. The Kier molecular flexibility index (Phi) is 6.82. The third-order valence-corrected chi connectivity index (χ3v) is 4.10. The molecule has 0 heterocycles. The van der Waals surface area contributed by atoms with E-state index >= 15 is 0 Å². The average Bonchev–Trinajstić information content (AvgIpc) is 2.61. The number of halogens is 1. The molecule has 7 heteroatoms. The number of hydrazone groups is 1. The number of hydrogen-bond donors (Lipinski definition) is 2. The van der Waals surface area contributed by atoms with Gasteiger partial charge >= 0.3 is 0 Å². The van der Waals surface area contributed by atoms with Crippen LogP contribution in [0.5, 0.6) is 11.5 Å². The molecule has 0 saturated carbocycles. The second kappa shape index (κ2) is 9.08. The molecule has 0 radical (unpaired) electrons. The second-order valence-corrected chi connectivity index (χ2v) is 6.04. The van der Waals surface area contributed by atoms with Crippen molar-refractivity contribution < 1.29 is 14.3 Å². The molecule has 2 rings (SSSR count). The summed E-state index contributed by atoms with van der Waals surface area (Å²) in [4.78, 5) is 11.9. The fraction of sp³-hybridized carbons (Fsp3) is 0.222. The second-order valence-electron chi connectivity index (χ2n) is 5.19. The van der Waals surface area contributed by atoms with Gasteiger partial charge in [0.1, 0.15) is 11.5 Å². The number of benzene rings is 2. The number of aryl methyl sites for hydroxylation is 1. The molecule has 2 aromatic carbocycles. The summed E-state index contributed by atoms with van der Waals surface area (Å²) in [6, 6.07) is 11.3. The summed E-state index contributed by atoms with van der Waals surface area (Å²) in [7, 11) is 3.14. The molecule has 1 amide bonds. The van der Waals surface area contributed by atoms with E-state index in [1.54, 1.807) is 26.4 Å². The number of carbonyl (C=O) groups is 1. The Morgan fingerprint density at radius 2 is 1.92 bits per heavy atom. The predicted octanol–water partition coefficient (Wildman–Crippen LogP) is 3.34. The minimum Gasteiger partial charge on any atom is -0.496 e. The molecule has 2 aromatic rings. The summed E-state index contributed by atoms with van der Waals surface area (Å²) in [6.45, 7) is 2.11. The van der Waals surface area contributed by atoms with Crippen LogP contribution in [0.4, 0.5) is 5.69 Å². The fourth-order valence-corrected chi connectivity index (χ4v) is 2.67. The first-order valence-electron chi connectivity index (χ1n) is 7.58. The van der Waals surface area contributed by atoms with Gasteiger partial charge in [-0.2, -0.15) is 5.10 Å². The molecule has 132 valence electrons. The molecule has 0 unspecified atom stereocenters. The van der Waals surface area contributed by atoms with E-state index in [2.05, 4.69) is 31.8 Å². The number of methoxy groups -OCH3 is 2. The lowest BCUT2D eigenvalue weighted by Crippen LogP contribution is -2.26. The highest BCUT2D eigenvalue weighted by atomic mass is 79.9. The molecular weight excluding hydrogens is 386 g/mol. The van der Waals surface area contributed by atoms with Gasteiger partial charge < -0.3 is 14.8 Å². The van der Waals surface area contributed by atoms with E-state index < -0.39 is 0 Å². The van der Waals surface area contributed by atoms with Crippen LogP contribution in [-0.4, -0.2) is 32.9 Å². The highest BCUT2D eigenvalue weighted by molar-refractivity contribution is 9.10. The van der Waals surface area contributed by atoms with Crippen molar-refractivity contribution in [1.82, 2.24) is 5.43 Å². The molecule has 0 aliphatic carbocycles. The zero-order valence-corrected chi connectivity index (χ0v) is 15.9. The summed E-state index contributed by atoms with van der Waals surface area (Å²) in [5, 5.41) is 7.05. The van der Waals surface area contributed by atoms with Gasteiger partial charge in [-0.15, -0.1) is 0 Å². The number of rotatable bonds is 7.